The minimum absolute atomic E-state index is 0. The van der Waals surface area contributed by atoms with Crippen molar-refractivity contribution in [3.63, 3.8) is 0 Å². The van der Waals surface area contributed by atoms with E-state index in [2.05, 4.69) is 20.8 Å². The highest BCUT2D eigenvalue weighted by Crippen LogP contribution is 2.03. The number of aryl methyl sites for hydroxylation is 1. The molecule has 8 heteroatoms. The van der Waals surface area contributed by atoms with Crippen molar-refractivity contribution in [2.24, 2.45) is 0 Å². The van der Waals surface area contributed by atoms with E-state index < -0.39 is 0 Å². The lowest BCUT2D eigenvalue weighted by Gasteiger charge is -2.07. The number of aromatic nitrogens is 3. The molecule has 0 aliphatic rings. The van der Waals surface area contributed by atoms with Gasteiger partial charge in [0.15, 0.2) is 5.82 Å². The third kappa shape index (κ3) is 6.01. The highest BCUT2D eigenvalue weighted by molar-refractivity contribution is 5.85. The van der Waals surface area contributed by atoms with E-state index in [0.717, 1.165) is 18.1 Å². The lowest BCUT2D eigenvalue weighted by atomic mass is 10.3. The summed E-state index contributed by atoms with van der Waals surface area (Å²) in [5, 5.41) is 13.6. The maximum absolute atomic E-state index is 11.7. The number of carbonyl (C=O) groups excluding carboxylic acids is 1. The predicted octanol–water partition coefficient (Wildman–Crippen LogP) is 1.87. The van der Waals surface area contributed by atoms with Crippen molar-refractivity contribution in [2.45, 2.75) is 20.0 Å². The van der Waals surface area contributed by atoms with Gasteiger partial charge in [-0.1, -0.05) is 18.2 Å². The van der Waals surface area contributed by atoms with E-state index in [9.17, 15) is 4.79 Å². The van der Waals surface area contributed by atoms with E-state index in [0.29, 0.717) is 6.54 Å². The van der Waals surface area contributed by atoms with E-state index in [1.807, 2.05) is 41.8 Å². The third-order valence-corrected chi connectivity index (χ3v) is 2.71. The lowest BCUT2D eigenvalue weighted by Crippen LogP contribution is -2.30. The molecular weight excluding hydrogens is 313 g/mol. The minimum atomic E-state index is -0.0745. The minimum Gasteiger partial charge on any atom is -0.376 e. The molecule has 0 aliphatic heterocycles. The zero-order valence-electron chi connectivity index (χ0n) is 11.7. The molecule has 2 rings (SSSR count). The number of anilines is 1. The van der Waals surface area contributed by atoms with E-state index in [-0.39, 0.29) is 37.3 Å². The van der Waals surface area contributed by atoms with Gasteiger partial charge in [0.05, 0.1) is 13.1 Å². The van der Waals surface area contributed by atoms with Gasteiger partial charge in [-0.15, -0.1) is 35.0 Å². The van der Waals surface area contributed by atoms with Gasteiger partial charge in [-0.3, -0.25) is 4.79 Å². The van der Waals surface area contributed by atoms with Gasteiger partial charge in [-0.2, -0.15) is 0 Å². The Bertz CT molecular complexity index is 532. The number of hydrogen-bond acceptors (Lipinski definition) is 4. The number of nitrogens with one attached hydrogen (secondary N) is 2. The number of amides is 1. The standard InChI is InChI=1S/C13H17N5O.2ClH/c1-2-18-10-16-17-12(18)8-15-13(19)9-14-11-6-4-3-5-7-11;;/h3-7,10,14H,2,8-9H2,1H3,(H,15,19);2*1H. The van der Waals surface area contributed by atoms with Gasteiger partial charge in [0, 0.05) is 12.2 Å². The Balaban J connectivity index is 0.00000200. The molecule has 21 heavy (non-hydrogen) atoms. The van der Waals surface area contributed by atoms with Crippen LogP contribution in [0.5, 0.6) is 0 Å². The summed E-state index contributed by atoms with van der Waals surface area (Å²) in [6.45, 7) is 3.43. The molecule has 116 valence electrons. The molecule has 1 heterocycles. The smallest absolute Gasteiger partial charge is 0.239 e. The summed E-state index contributed by atoms with van der Waals surface area (Å²) in [6.07, 6.45) is 1.66. The molecule has 0 unspecified atom stereocenters. The van der Waals surface area contributed by atoms with Gasteiger partial charge < -0.3 is 15.2 Å². The first-order chi connectivity index (χ1) is 9.29. The van der Waals surface area contributed by atoms with E-state index in [4.69, 9.17) is 0 Å². The number of halogens is 2. The molecule has 2 aromatic rings. The average Bonchev–Trinajstić information content (AvgIpc) is 2.91. The average molecular weight is 332 g/mol. The SMILES string of the molecule is CCn1cnnc1CNC(=O)CNc1ccccc1.Cl.Cl. The summed E-state index contributed by atoms with van der Waals surface area (Å²) < 4.78 is 1.89. The number of hydrogen-bond donors (Lipinski definition) is 2. The summed E-state index contributed by atoms with van der Waals surface area (Å²) >= 11 is 0. The molecule has 1 aromatic carbocycles. The van der Waals surface area contributed by atoms with Crippen LogP contribution in [0.25, 0.3) is 0 Å². The van der Waals surface area contributed by atoms with Crippen LogP contribution in [-0.4, -0.2) is 27.2 Å². The van der Waals surface area contributed by atoms with Crippen molar-refractivity contribution < 1.29 is 4.79 Å². The summed E-state index contributed by atoms with van der Waals surface area (Å²) in [7, 11) is 0. The first-order valence-electron chi connectivity index (χ1n) is 6.22. The van der Waals surface area contributed by atoms with Crippen molar-refractivity contribution in [2.75, 3.05) is 11.9 Å². The highest BCUT2D eigenvalue weighted by atomic mass is 35.5. The van der Waals surface area contributed by atoms with Gasteiger partial charge in [0.1, 0.15) is 6.33 Å². The fourth-order valence-corrected chi connectivity index (χ4v) is 1.66. The Morgan fingerprint density at radius 1 is 1.24 bits per heavy atom. The number of nitrogens with zero attached hydrogens (tertiary/aromatic N) is 3. The Morgan fingerprint density at radius 2 is 1.95 bits per heavy atom. The maximum atomic E-state index is 11.7. The summed E-state index contributed by atoms with van der Waals surface area (Å²) in [4.78, 5) is 11.7. The lowest BCUT2D eigenvalue weighted by molar-refractivity contribution is -0.119. The van der Waals surface area contributed by atoms with E-state index in [1.165, 1.54) is 0 Å². The predicted molar refractivity (Wildman–Crippen MR) is 87.0 cm³/mol. The molecule has 0 saturated carbocycles. The second kappa shape index (κ2) is 10.0. The molecule has 0 atom stereocenters. The van der Waals surface area contributed by atoms with Gasteiger partial charge in [-0.05, 0) is 19.1 Å². The van der Waals surface area contributed by atoms with Gasteiger partial charge >= 0.3 is 0 Å². The Kier molecular flexibility index (Phi) is 9.16. The second-order valence-electron chi connectivity index (χ2n) is 4.03. The number of para-hydroxylation sites is 1. The zero-order chi connectivity index (χ0) is 13.5. The molecule has 2 N–H and O–H groups in total. The van der Waals surface area contributed by atoms with Crippen molar-refractivity contribution in [3.05, 3.63) is 42.5 Å². The zero-order valence-corrected chi connectivity index (χ0v) is 13.3. The Labute approximate surface area is 136 Å². The molecule has 6 nitrogen and oxygen atoms in total. The van der Waals surface area contributed by atoms with Gasteiger partial charge in [-0.25, -0.2) is 0 Å². The molecule has 1 amide bonds. The molecule has 1 aromatic heterocycles. The first-order valence-corrected chi connectivity index (χ1v) is 6.22. The van der Waals surface area contributed by atoms with Crippen LogP contribution >= 0.6 is 24.8 Å². The van der Waals surface area contributed by atoms with Crippen LogP contribution < -0.4 is 10.6 Å². The fourth-order valence-electron chi connectivity index (χ4n) is 1.66. The molecule has 0 fully saturated rings. The summed E-state index contributed by atoms with van der Waals surface area (Å²) in [5.74, 6) is 0.685. The normalized spacial score (nSPS) is 9.19. The van der Waals surface area contributed by atoms with Crippen LogP contribution in [-0.2, 0) is 17.9 Å². The van der Waals surface area contributed by atoms with E-state index >= 15 is 0 Å². The maximum Gasteiger partial charge on any atom is 0.239 e. The molecule has 0 aliphatic carbocycles. The van der Waals surface area contributed by atoms with Crippen LogP contribution in [0.2, 0.25) is 0 Å². The van der Waals surface area contributed by atoms with Crippen LogP contribution in [0.1, 0.15) is 12.7 Å². The van der Waals surface area contributed by atoms with Crippen LogP contribution in [0.4, 0.5) is 5.69 Å². The monoisotopic (exact) mass is 331 g/mol. The second-order valence-corrected chi connectivity index (χ2v) is 4.03. The fraction of sp³-hybridized carbons (Fsp3) is 0.308. The first kappa shape index (κ1) is 19.2. The Morgan fingerprint density at radius 3 is 2.62 bits per heavy atom. The highest BCUT2D eigenvalue weighted by Gasteiger charge is 2.05. The Hall–Kier alpha value is -1.79. The molecule has 0 bridgehead atoms. The van der Waals surface area contributed by atoms with Gasteiger partial charge in [0.25, 0.3) is 0 Å². The largest absolute Gasteiger partial charge is 0.376 e. The molecular formula is C13H19Cl2N5O. The van der Waals surface area contributed by atoms with Crippen LogP contribution in [0, 0.1) is 0 Å². The van der Waals surface area contributed by atoms with Crippen LogP contribution in [0.3, 0.4) is 0 Å². The number of rotatable bonds is 6. The van der Waals surface area contributed by atoms with Crippen molar-refractivity contribution in [1.29, 1.82) is 0 Å². The quantitative estimate of drug-likeness (QED) is 0.847. The molecule has 0 spiro atoms. The van der Waals surface area contributed by atoms with Crippen molar-refractivity contribution >= 4 is 36.4 Å². The molecule has 0 radical (unpaired) electrons. The topological polar surface area (TPSA) is 71.8 Å². The van der Waals surface area contributed by atoms with Gasteiger partial charge in [0.2, 0.25) is 5.91 Å². The summed E-state index contributed by atoms with van der Waals surface area (Å²) in [6, 6.07) is 9.61. The third-order valence-electron chi connectivity index (χ3n) is 2.71. The summed E-state index contributed by atoms with van der Waals surface area (Å²) in [5.41, 5.74) is 0.925. The van der Waals surface area contributed by atoms with Crippen LogP contribution in [0.15, 0.2) is 36.7 Å². The van der Waals surface area contributed by atoms with Crippen molar-refractivity contribution in [1.82, 2.24) is 20.1 Å². The van der Waals surface area contributed by atoms with Crippen molar-refractivity contribution in [3.8, 4) is 0 Å². The number of carbonyl (C=O) groups is 1. The number of benzene rings is 1. The molecule has 0 saturated heterocycles. The van der Waals surface area contributed by atoms with E-state index in [1.54, 1.807) is 6.33 Å².